The van der Waals surface area contributed by atoms with E-state index in [2.05, 4.69) is 16.2 Å². The number of benzene rings is 1. The summed E-state index contributed by atoms with van der Waals surface area (Å²) in [7, 11) is 0. The Hall–Kier alpha value is -2.78. The minimum absolute atomic E-state index is 0.112. The van der Waals surface area contributed by atoms with Crippen molar-refractivity contribution in [1.82, 2.24) is 9.66 Å². The number of hydrogen-bond acceptors (Lipinski definition) is 5. The van der Waals surface area contributed by atoms with Gasteiger partial charge >= 0.3 is 0 Å². The van der Waals surface area contributed by atoms with E-state index in [1.807, 2.05) is 0 Å². The maximum absolute atomic E-state index is 12.6. The lowest BCUT2D eigenvalue weighted by atomic mass is 10.2. The number of fused-ring (bicyclic) bond motifs is 3. The Morgan fingerprint density at radius 1 is 1.30 bits per heavy atom. The monoisotopic (exact) mass is 320 g/mol. The van der Waals surface area contributed by atoms with Gasteiger partial charge in [-0.25, -0.2) is 4.98 Å². The van der Waals surface area contributed by atoms with Gasteiger partial charge in [-0.05, 0) is 42.5 Å². The molecule has 112 valence electrons. The number of nitrogens with zero attached hydrogens (tertiary/aromatic N) is 4. The number of rotatable bonds is 2. The Labute approximate surface area is 136 Å². The van der Waals surface area contributed by atoms with Crippen molar-refractivity contribution in [2.24, 2.45) is 5.10 Å². The van der Waals surface area contributed by atoms with Crippen LogP contribution in [0.4, 0.5) is 0 Å². The summed E-state index contributed by atoms with van der Waals surface area (Å²) in [6.45, 7) is 0. The van der Waals surface area contributed by atoms with E-state index in [-0.39, 0.29) is 5.56 Å². The molecule has 0 saturated carbocycles. The number of aryl methyl sites for hydroxylation is 2. The molecular formula is C17H12N4OS. The second kappa shape index (κ2) is 5.45. The van der Waals surface area contributed by atoms with E-state index in [0.717, 1.165) is 40.6 Å². The predicted octanol–water partition coefficient (Wildman–Crippen LogP) is 2.70. The highest BCUT2D eigenvalue weighted by atomic mass is 32.1. The molecule has 0 atom stereocenters. The fourth-order valence-electron chi connectivity index (χ4n) is 2.83. The third kappa shape index (κ3) is 2.35. The van der Waals surface area contributed by atoms with Crippen LogP contribution in [0, 0.1) is 11.3 Å². The molecule has 1 aliphatic rings. The third-order valence-electron chi connectivity index (χ3n) is 3.98. The quantitative estimate of drug-likeness (QED) is 0.682. The van der Waals surface area contributed by atoms with Crippen molar-refractivity contribution in [3.63, 3.8) is 0 Å². The average molecular weight is 320 g/mol. The van der Waals surface area contributed by atoms with Gasteiger partial charge in [-0.3, -0.25) is 4.79 Å². The predicted molar refractivity (Wildman–Crippen MR) is 90.1 cm³/mol. The van der Waals surface area contributed by atoms with Gasteiger partial charge in [0.05, 0.1) is 23.2 Å². The molecule has 0 N–H and O–H groups in total. The Balaban J connectivity index is 1.74. The number of aromatic nitrogens is 2. The Morgan fingerprint density at radius 2 is 2.13 bits per heavy atom. The molecule has 5 nitrogen and oxygen atoms in total. The molecule has 0 amide bonds. The minimum Gasteiger partial charge on any atom is -0.267 e. The van der Waals surface area contributed by atoms with Crippen LogP contribution >= 0.6 is 11.3 Å². The van der Waals surface area contributed by atoms with Gasteiger partial charge in [-0.15, -0.1) is 11.3 Å². The fourth-order valence-corrected chi connectivity index (χ4v) is 4.05. The first kappa shape index (κ1) is 13.9. The fraction of sp³-hybridized carbons (Fsp3) is 0.176. The van der Waals surface area contributed by atoms with E-state index in [9.17, 15) is 4.79 Å². The first-order valence-corrected chi connectivity index (χ1v) is 8.14. The summed E-state index contributed by atoms with van der Waals surface area (Å²) in [5.41, 5.74) is 2.47. The Morgan fingerprint density at radius 3 is 2.91 bits per heavy atom. The molecule has 1 aliphatic carbocycles. The topological polar surface area (TPSA) is 71.0 Å². The standard InChI is InChI=1S/C17H12N4OS/c18-8-11-4-6-12(7-5-11)9-20-21-10-19-16-15(17(21)22)13-2-1-3-14(13)23-16/h4-7,9-10H,1-3H2/b20-9-. The van der Waals surface area contributed by atoms with Crippen LogP contribution < -0.4 is 5.56 Å². The van der Waals surface area contributed by atoms with Crippen molar-refractivity contribution in [1.29, 1.82) is 5.26 Å². The average Bonchev–Trinajstić information content (AvgIpc) is 3.15. The van der Waals surface area contributed by atoms with Crippen molar-refractivity contribution in [2.45, 2.75) is 19.3 Å². The van der Waals surface area contributed by atoms with Crippen molar-refractivity contribution in [2.75, 3.05) is 0 Å². The second-order valence-corrected chi connectivity index (χ2v) is 6.49. The maximum atomic E-state index is 12.6. The Kier molecular flexibility index (Phi) is 3.28. The van der Waals surface area contributed by atoms with E-state index in [4.69, 9.17) is 5.26 Å². The van der Waals surface area contributed by atoms with Crippen molar-refractivity contribution in [3.8, 4) is 6.07 Å². The van der Waals surface area contributed by atoms with Crippen LogP contribution in [0.2, 0.25) is 0 Å². The van der Waals surface area contributed by atoms with Gasteiger partial charge in [0.2, 0.25) is 0 Å². The number of nitriles is 1. The molecule has 2 aromatic heterocycles. The second-order valence-electron chi connectivity index (χ2n) is 5.41. The van der Waals surface area contributed by atoms with E-state index < -0.39 is 0 Å². The van der Waals surface area contributed by atoms with Gasteiger partial charge in [0, 0.05) is 4.88 Å². The van der Waals surface area contributed by atoms with Crippen molar-refractivity contribution >= 4 is 27.8 Å². The molecule has 2 heterocycles. The van der Waals surface area contributed by atoms with Gasteiger partial charge in [-0.1, -0.05) is 12.1 Å². The van der Waals surface area contributed by atoms with Gasteiger partial charge in [0.15, 0.2) is 0 Å². The summed E-state index contributed by atoms with van der Waals surface area (Å²) in [5.74, 6) is 0. The smallest absolute Gasteiger partial charge is 0.267 e. The van der Waals surface area contributed by atoms with E-state index in [1.54, 1.807) is 41.8 Å². The number of hydrogen-bond donors (Lipinski definition) is 0. The molecule has 1 aromatic carbocycles. The van der Waals surface area contributed by atoms with Crippen LogP contribution in [0.5, 0.6) is 0 Å². The van der Waals surface area contributed by atoms with E-state index in [1.165, 1.54) is 15.9 Å². The van der Waals surface area contributed by atoms with E-state index in [0.29, 0.717) is 5.56 Å². The summed E-state index contributed by atoms with van der Waals surface area (Å²) in [5, 5.41) is 13.7. The highest BCUT2D eigenvalue weighted by Crippen LogP contribution is 2.34. The van der Waals surface area contributed by atoms with Gasteiger partial charge in [0.25, 0.3) is 5.56 Å². The van der Waals surface area contributed by atoms with Crippen LogP contribution in [-0.2, 0) is 12.8 Å². The van der Waals surface area contributed by atoms with Crippen LogP contribution in [0.25, 0.3) is 10.2 Å². The summed E-state index contributed by atoms with van der Waals surface area (Å²) in [4.78, 5) is 19.1. The molecule has 3 aromatic rings. The zero-order chi connectivity index (χ0) is 15.8. The summed E-state index contributed by atoms with van der Waals surface area (Å²) in [6, 6.07) is 9.09. The maximum Gasteiger partial charge on any atom is 0.282 e. The summed E-state index contributed by atoms with van der Waals surface area (Å²) in [6.07, 6.45) is 6.18. The van der Waals surface area contributed by atoms with Crippen LogP contribution in [0.1, 0.15) is 28.0 Å². The molecule has 0 radical (unpaired) electrons. The molecule has 4 rings (SSSR count). The van der Waals surface area contributed by atoms with Gasteiger partial charge in [0.1, 0.15) is 11.2 Å². The van der Waals surface area contributed by atoms with Crippen LogP contribution in [-0.4, -0.2) is 15.9 Å². The summed E-state index contributed by atoms with van der Waals surface area (Å²) < 4.78 is 1.28. The van der Waals surface area contributed by atoms with Crippen LogP contribution in [0.3, 0.4) is 0 Å². The largest absolute Gasteiger partial charge is 0.282 e. The van der Waals surface area contributed by atoms with Crippen molar-refractivity contribution < 1.29 is 0 Å². The van der Waals surface area contributed by atoms with E-state index >= 15 is 0 Å². The molecule has 0 bridgehead atoms. The third-order valence-corrected chi connectivity index (χ3v) is 5.18. The first-order valence-electron chi connectivity index (χ1n) is 7.32. The molecule has 23 heavy (non-hydrogen) atoms. The molecule has 0 spiro atoms. The van der Waals surface area contributed by atoms with Crippen LogP contribution in [0.15, 0.2) is 40.5 Å². The minimum atomic E-state index is -0.112. The zero-order valence-corrected chi connectivity index (χ0v) is 13.0. The Bertz CT molecular complexity index is 1020. The zero-order valence-electron chi connectivity index (χ0n) is 12.2. The lowest BCUT2D eigenvalue weighted by molar-refractivity contribution is 0.816. The van der Waals surface area contributed by atoms with Crippen molar-refractivity contribution in [3.05, 3.63) is 62.5 Å². The lowest BCUT2D eigenvalue weighted by Crippen LogP contribution is -2.17. The van der Waals surface area contributed by atoms with Gasteiger partial charge in [-0.2, -0.15) is 15.0 Å². The molecule has 0 saturated heterocycles. The molecule has 0 fully saturated rings. The SMILES string of the molecule is N#Cc1ccc(/C=N\n2cnc3sc4c(c3c2=O)CCC4)cc1. The molecule has 6 heteroatoms. The normalized spacial score (nSPS) is 13.5. The first-order chi connectivity index (χ1) is 11.3. The molecule has 0 aliphatic heterocycles. The molecule has 0 unspecified atom stereocenters. The highest BCUT2D eigenvalue weighted by molar-refractivity contribution is 7.18. The summed E-state index contributed by atoms with van der Waals surface area (Å²) >= 11 is 1.62. The highest BCUT2D eigenvalue weighted by Gasteiger charge is 2.21. The number of thiophene rings is 1. The lowest BCUT2D eigenvalue weighted by Gasteiger charge is -1.99. The van der Waals surface area contributed by atoms with Gasteiger partial charge < -0.3 is 0 Å². The molecular weight excluding hydrogens is 308 g/mol.